The number of unbranched alkanes of at least 4 members (excludes halogenated alkanes) is 2. The number of aromatic nitrogens is 2. The predicted molar refractivity (Wildman–Crippen MR) is 113 cm³/mol. The van der Waals surface area contributed by atoms with Gasteiger partial charge in [0.15, 0.2) is 0 Å². The van der Waals surface area contributed by atoms with Crippen LogP contribution in [-0.2, 0) is 6.42 Å². The Bertz CT molecular complexity index is 742. The molecule has 0 unspecified atom stereocenters. The Morgan fingerprint density at radius 1 is 0.889 bits per heavy atom. The van der Waals surface area contributed by atoms with Crippen molar-refractivity contribution in [1.29, 1.82) is 0 Å². The molecule has 3 rings (SSSR count). The SMILES string of the molecule is CCCCCC1CCC(c2ccc(C#Cc3ncc(CC)cn3)cc2)CC1. The summed E-state index contributed by atoms with van der Waals surface area (Å²) >= 11 is 0. The third-order valence-electron chi connectivity index (χ3n) is 5.88. The predicted octanol–water partition coefficient (Wildman–Crippen LogP) is 6.29. The highest BCUT2D eigenvalue weighted by molar-refractivity contribution is 5.40. The molecule has 0 aliphatic heterocycles. The Balaban J connectivity index is 1.53. The highest BCUT2D eigenvalue weighted by Gasteiger charge is 2.21. The van der Waals surface area contributed by atoms with Gasteiger partial charge in [-0.1, -0.05) is 57.6 Å². The molecule has 0 bridgehead atoms. The van der Waals surface area contributed by atoms with Crippen LogP contribution in [0.15, 0.2) is 36.7 Å². The maximum absolute atomic E-state index is 4.30. The lowest BCUT2D eigenvalue weighted by Crippen LogP contribution is -2.13. The Morgan fingerprint density at radius 2 is 1.59 bits per heavy atom. The van der Waals surface area contributed by atoms with Crippen molar-refractivity contribution in [2.75, 3.05) is 0 Å². The summed E-state index contributed by atoms with van der Waals surface area (Å²) < 4.78 is 0. The van der Waals surface area contributed by atoms with Crippen LogP contribution in [0, 0.1) is 17.8 Å². The fraction of sp³-hybridized carbons (Fsp3) is 0.520. The quantitative estimate of drug-likeness (QED) is 0.447. The van der Waals surface area contributed by atoms with Crippen LogP contribution in [0.5, 0.6) is 0 Å². The lowest BCUT2D eigenvalue weighted by Gasteiger charge is -2.29. The summed E-state index contributed by atoms with van der Waals surface area (Å²) in [5.74, 6) is 8.56. The molecule has 2 nitrogen and oxygen atoms in total. The summed E-state index contributed by atoms with van der Waals surface area (Å²) in [5, 5.41) is 0. The van der Waals surface area contributed by atoms with Crippen LogP contribution < -0.4 is 0 Å². The highest BCUT2D eigenvalue weighted by atomic mass is 14.8. The monoisotopic (exact) mass is 360 g/mol. The van der Waals surface area contributed by atoms with Gasteiger partial charge in [-0.2, -0.15) is 0 Å². The molecule has 27 heavy (non-hydrogen) atoms. The fourth-order valence-corrected chi connectivity index (χ4v) is 4.04. The molecular formula is C25H32N2. The number of hydrogen-bond donors (Lipinski definition) is 0. The number of benzene rings is 1. The van der Waals surface area contributed by atoms with Crippen molar-refractivity contribution in [3.05, 3.63) is 59.2 Å². The number of nitrogens with zero attached hydrogens (tertiary/aromatic N) is 2. The molecule has 1 heterocycles. The van der Waals surface area contributed by atoms with Gasteiger partial charge in [0.25, 0.3) is 0 Å². The largest absolute Gasteiger partial charge is 0.229 e. The van der Waals surface area contributed by atoms with E-state index in [4.69, 9.17) is 0 Å². The Hall–Kier alpha value is -2.14. The molecule has 1 aliphatic carbocycles. The van der Waals surface area contributed by atoms with Gasteiger partial charge in [-0.15, -0.1) is 0 Å². The summed E-state index contributed by atoms with van der Waals surface area (Å²) in [4.78, 5) is 8.61. The summed E-state index contributed by atoms with van der Waals surface area (Å²) in [7, 11) is 0. The lowest BCUT2D eigenvalue weighted by atomic mass is 9.77. The average molecular weight is 361 g/mol. The van der Waals surface area contributed by atoms with Crippen molar-refractivity contribution in [2.45, 2.75) is 77.6 Å². The molecule has 2 aromatic rings. The van der Waals surface area contributed by atoms with Crippen molar-refractivity contribution >= 4 is 0 Å². The molecule has 0 amide bonds. The summed E-state index contributed by atoms with van der Waals surface area (Å²) in [6, 6.07) is 8.84. The van der Waals surface area contributed by atoms with Crippen LogP contribution in [0.1, 0.15) is 93.6 Å². The van der Waals surface area contributed by atoms with Gasteiger partial charge in [0.2, 0.25) is 5.82 Å². The zero-order chi connectivity index (χ0) is 18.9. The van der Waals surface area contributed by atoms with Gasteiger partial charge >= 0.3 is 0 Å². The minimum atomic E-state index is 0.595. The maximum atomic E-state index is 4.30. The molecule has 1 fully saturated rings. The molecule has 0 N–H and O–H groups in total. The van der Waals surface area contributed by atoms with Crippen molar-refractivity contribution in [3.63, 3.8) is 0 Å². The molecule has 1 saturated carbocycles. The van der Waals surface area contributed by atoms with Crippen LogP contribution in [0.4, 0.5) is 0 Å². The topological polar surface area (TPSA) is 25.8 Å². The summed E-state index contributed by atoms with van der Waals surface area (Å²) in [6.07, 6.45) is 15.8. The first-order valence-corrected chi connectivity index (χ1v) is 10.7. The van der Waals surface area contributed by atoms with Crippen molar-refractivity contribution < 1.29 is 0 Å². The fourth-order valence-electron chi connectivity index (χ4n) is 4.04. The molecule has 1 aromatic heterocycles. The standard InChI is InChI=1S/C25H32N2/c1-3-5-6-7-21-8-13-23(14-9-21)24-15-10-22(11-16-24)12-17-25-26-18-20(4-2)19-27-25/h10-11,15-16,18-19,21,23H,3-9,13-14H2,1-2H3. The van der Waals surface area contributed by atoms with E-state index in [0.29, 0.717) is 5.82 Å². The van der Waals surface area contributed by atoms with E-state index >= 15 is 0 Å². The van der Waals surface area contributed by atoms with E-state index < -0.39 is 0 Å². The Labute approximate surface area is 164 Å². The van der Waals surface area contributed by atoms with Crippen molar-refractivity contribution in [2.24, 2.45) is 5.92 Å². The second kappa shape index (κ2) is 10.3. The molecule has 2 heteroatoms. The third-order valence-corrected chi connectivity index (χ3v) is 5.88. The van der Waals surface area contributed by atoms with Gasteiger partial charge in [0.05, 0.1) is 0 Å². The van der Waals surface area contributed by atoms with Gasteiger partial charge in [0.1, 0.15) is 0 Å². The van der Waals surface area contributed by atoms with Gasteiger partial charge in [-0.3, -0.25) is 0 Å². The molecule has 142 valence electrons. The van der Waals surface area contributed by atoms with Crippen LogP contribution in [0.25, 0.3) is 0 Å². The Kier molecular flexibility index (Phi) is 7.45. The second-order valence-corrected chi connectivity index (χ2v) is 7.85. The Morgan fingerprint density at radius 3 is 2.22 bits per heavy atom. The normalized spacial score (nSPS) is 19.3. The minimum absolute atomic E-state index is 0.595. The lowest BCUT2D eigenvalue weighted by molar-refractivity contribution is 0.303. The minimum Gasteiger partial charge on any atom is -0.229 e. The van der Waals surface area contributed by atoms with E-state index in [-0.39, 0.29) is 0 Å². The van der Waals surface area contributed by atoms with Gasteiger partial charge in [0, 0.05) is 18.0 Å². The number of hydrogen-bond acceptors (Lipinski definition) is 2. The molecule has 0 saturated heterocycles. The third kappa shape index (κ3) is 5.93. The first-order valence-electron chi connectivity index (χ1n) is 10.7. The molecule has 0 radical (unpaired) electrons. The van der Waals surface area contributed by atoms with Crippen LogP contribution >= 0.6 is 0 Å². The molecular weight excluding hydrogens is 328 g/mol. The maximum Gasteiger partial charge on any atom is 0.205 e. The first-order chi connectivity index (χ1) is 13.3. The van der Waals surface area contributed by atoms with Crippen molar-refractivity contribution in [1.82, 2.24) is 9.97 Å². The van der Waals surface area contributed by atoms with Crippen LogP contribution in [0.2, 0.25) is 0 Å². The van der Waals surface area contributed by atoms with Gasteiger partial charge < -0.3 is 0 Å². The second-order valence-electron chi connectivity index (χ2n) is 7.85. The smallest absolute Gasteiger partial charge is 0.205 e. The van der Waals surface area contributed by atoms with Gasteiger partial charge in [-0.05, 0) is 73.1 Å². The van der Waals surface area contributed by atoms with E-state index in [2.05, 4.69) is 59.9 Å². The number of rotatable bonds is 6. The van der Waals surface area contributed by atoms with E-state index in [1.54, 1.807) is 0 Å². The highest BCUT2D eigenvalue weighted by Crippen LogP contribution is 2.37. The van der Waals surface area contributed by atoms with E-state index in [9.17, 15) is 0 Å². The zero-order valence-electron chi connectivity index (χ0n) is 16.9. The number of aryl methyl sites for hydroxylation is 1. The summed E-state index contributed by atoms with van der Waals surface area (Å²) in [6.45, 7) is 4.39. The van der Waals surface area contributed by atoms with Crippen LogP contribution in [0.3, 0.4) is 0 Å². The van der Waals surface area contributed by atoms with E-state index in [1.807, 2.05) is 12.4 Å². The van der Waals surface area contributed by atoms with E-state index in [1.165, 1.54) is 56.9 Å². The molecule has 1 aliphatic rings. The zero-order valence-corrected chi connectivity index (χ0v) is 16.9. The van der Waals surface area contributed by atoms with Crippen molar-refractivity contribution in [3.8, 4) is 11.8 Å². The molecule has 1 aromatic carbocycles. The molecule has 0 spiro atoms. The van der Waals surface area contributed by atoms with E-state index in [0.717, 1.165) is 29.4 Å². The first kappa shape index (κ1) is 19.6. The van der Waals surface area contributed by atoms with Crippen LogP contribution in [-0.4, -0.2) is 9.97 Å². The summed E-state index contributed by atoms with van der Waals surface area (Å²) in [5.41, 5.74) is 3.66. The average Bonchev–Trinajstić information content (AvgIpc) is 2.74. The van der Waals surface area contributed by atoms with Gasteiger partial charge in [-0.25, -0.2) is 9.97 Å². The molecule has 0 atom stereocenters.